The van der Waals surface area contributed by atoms with Gasteiger partial charge in [0.05, 0.1) is 17.5 Å². The molecule has 0 bridgehead atoms. The fraction of sp³-hybridized carbons (Fsp3) is 0.222. The molecule has 1 aliphatic rings. The Morgan fingerprint density at radius 3 is 2.56 bits per heavy atom. The van der Waals surface area contributed by atoms with Crippen molar-refractivity contribution in [2.45, 2.75) is 19.4 Å². The summed E-state index contributed by atoms with van der Waals surface area (Å²) in [5.41, 5.74) is 3.67. The Bertz CT molecular complexity index is 1270. The Kier molecular flexibility index (Phi) is 6.70. The first-order valence-electron chi connectivity index (χ1n) is 11.4. The summed E-state index contributed by atoms with van der Waals surface area (Å²) in [6, 6.07) is 25.4. The average molecular weight is 473 g/mol. The number of anilines is 1. The lowest BCUT2D eigenvalue weighted by Crippen LogP contribution is -2.40. The molecular formula is C27H25ClN4O2. The smallest absolute Gasteiger partial charge is 0.241 e. The van der Waals surface area contributed by atoms with Crippen molar-refractivity contribution in [1.82, 2.24) is 15.0 Å². The van der Waals surface area contributed by atoms with Gasteiger partial charge in [0.2, 0.25) is 17.6 Å². The number of carbonyl (C=O) groups is 1. The second kappa shape index (κ2) is 10.2. The maximum Gasteiger partial charge on any atom is 0.241 e. The Balaban J connectivity index is 1.24. The van der Waals surface area contributed by atoms with Crippen molar-refractivity contribution in [3.05, 3.63) is 89.8 Å². The minimum absolute atomic E-state index is 0.0374. The summed E-state index contributed by atoms with van der Waals surface area (Å²) in [5.74, 6) is 0.925. The van der Waals surface area contributed by atoms with E-state index in [9.17, 15) is 4.79 Å². The second-order valence-corrected chi connectivity index (χ2v) is 8.87. The highest BCUT2D eigenvalue weighted by atomic mass is 35.5. The van der Waals surface area contributed by atoms with Crippen molar-refractivity contribution in [2.75, 3.05) is 18.4 Å². The SMILES string of the molecule is O=C(Nc1ccccc1-c1ccccc1)C1CCCN(Cc2nc(-c3ccccc3Cl)no2)C1. The highest BCUT2D eigenvalue weighted by Gasteiger charge is 2.27. The molecule has 1 N–H and O–H groups in total. The number of halogens is 1. The topological polar surface area (TPSA) is 71.3 Å². The number of benzene rings is 3. The molecule has 4 aromatic rings. The molecule has 1 atom stereocenters. The van der Waals surface area contributed by atoms with Crippen LogP contribution in [0.1, 0.15) is 18.7 Å². The van der Waals surface area contributed by atoms with Crippen LogP contribution >= 0.6 is 11.6 Å². The van der Waals surface area contributed by atoms with Gasteiger partial charge < -0.3 is 9.84 Å². The van der Waals surface area contributed by atoms with Gasteiger partial charge in [0, 0.05) is 23.4 Å². The summed E-state index contributed by atoms with van der Waals surface area (Å²) < 4.78 is 5.47. The number of piperidine rings is 1. The van der Waals surface area contributed by atoms with E-state index in [0.717, 1.165) is 41.8 Å². The molecule has 5 rings (SSSR count). The number of nitrogens with one attached hydrogen (secondary N) is 1. The van der Waals surface area contributed by atoms with E-state index in [4.69, 9.17) is 16.1 Å². The summed E-state index contributed by atoms with van der Waals surface area (Å²) >= 11 is 6.25. The highest BCUT2D eigenvalue weighted by Crippen LogP contribution is 2.29. The lowest BCUT2D eigenvalue weighted by molar-refractivity contribution is -0.121. The number of para-hydroxylation sites is 1. The molecular weight excluding hydrogens is 448 g/mol. The Morgan fingerprint density at radius 1 is 1.00 bits per heavy atom. The Labute approximate surface area is 203 Å². The first-order valence-corrected chi connectivity index (χ1v) is 11.8. The Morgan fingerprint density at radius 2 is 1.74 bits per heavy atom. The molecule has 0 aliphatic carbocycles. The number of hydrogen-bond acceptors (Lipinski definition) is 5. The van der Waals surface area contributed by atoms with Gasteiger partial charge in [-0.1, -0.05) is 77.4 Å². The largest absolute Gasteiger partial charge is 0.338 e. The first kappa shape index (κ1) is 22.3. The zero-order valence-electron chi connectivity index (χ0n) is 18.7. The van der Waals surface area contributed by atoms with E-state index >= 15 is 0 Å². The number of nitrogens with zero attached hydrogens (tertiary/aromatic N) is 3. The lowest BCUT2D eigenvalue weighted by Gasteiger charge is -2.31. The monoisotopic (exact) mass is 472 g/mol. The maximum absolute atomic E-state index is 13.2. The van der Waals surface area contributed by atoms with E-state index in [1.54, 1.807) is 6.07 Å². The lowest BCUT2D eigenvalue weighted by atomic mass is 9.96. The van der Waals surface area contributed by atoms with E-state index in [1.807, 2.05) is 60.7 Å². The van der Waals surface area contributed by atoms with E-state index in [-0.39, 0.29) is 11.8 Å². The van der Waals surface area contributed by atoms with Crippen molar-refractivity contribution in [3.63, 3.8) is 0 Å². The first-order chi connectivity index (χ1) is 16.7. The van der Waals surface area contributed by atoms with Crippen LogP contribution in [0.3, 0.4) is 0 Å². The van der Waals surface area contributed by atoms with Crippen LogP contribution in [0, 0.1) is 5.92 Å². The number of carbonyl (C=O) groups excluding carboxylic acids is 1. The molecule has 7 heteroatoms. The van der Waals surface area contributed by atoms with Gasteiger partial charge in [0.15, 0.2) is 0 Å². The van der Waals surface area contributed by atoms with Crippen LogP contribution < -0.4 is 5.32 Å². The quantitative estimate of drug-likeness (QED) is 0.378. The number of amides is 1. The minimum Gasteiger partial charge on any atom is -0.338 e. The van der Waals surface area contributed by atoms with Gasteiger partial charge in [0.1, 0.15) is 0 Å². The summed E-state index contributed by atoms with van der Waals surface area (Å²) in [5, 5.41) is 7.83. The zero-order valence-corrected chi connectivity index (χ0v) is 19.4. The molecule has 6 nitrogen and oxygen atoms in total. The summed E-state index contributed by atoms with van der Waals surface area (Å²) in [6.45, 7) is 2.03. The molecule has 1 unspecified atom stereocenters. The molecule has 0 spiro atoms. The van der Waals surface area contributed by atoms with Crippen molar-refractivity contribution in [3.8, 4) is 22.5 Å². The fourth-order valence-corrected chi connectivity index (χ4v) is 4.59. The number of aromatic nitrogens is 2. The third-order valence-corrected chi connectivity index (χ3v) is 6.42. The summed E-state index contributed by atoms with van der Waals surface area (Å²) in [6.07, 6.45) is 1.79. The molecule has 3 aromatic carbocycles. The summed E-state index contributed by atoms with van der Waals surface area (Å²) in [7, 11) is 0. The van der Waals surface area contributed by atoms with E-state index < -0.39 is 0 Å². The van der Waals surface area contributed by atoms with Crippen molar-refractivity contribution in [2.24, 2.45) is 5.92 Å². The third kappa shape index (κ3) is 5.03. The molecule has 1 fully saturated rings. The minimum atomic E-state index is -0.108. The van der Waals surface area contributed by atoms with Crippen molar-refractivity contribution in [1.29, 1.82) is 0 Å². The van der Waals surface area contributed by atoms with Crippen LogP contribution in [0.4, 0.5) is 5.69 Å². The van der Waals surface area contributed by atoms with E-state index in [0.29, 0.717) is 29.8 Å². The average Bonchev–Trinajstić information content (AvgIpc) is 3.33. The molecule has 1 saturated heterocycles. The predicted molar refractivity (Wildman–Crippen MR) is 133 cm³/mol. The number of likely N-dealkylation sites (tertiary alicyclic amines) is 1. The summed E-state index contributed by atoms with van der Waals surface area (Å²) in [4.78, 5) is 19.9. The molecule has 2 heterocycles. The van der Waals surface area contributed by atoms with E-state index in [1.165, 1.54) is 0 Å². The van der Waals surface area contributed by atoms with Gasteiger partial charge >= 0.3 is 0 Å². The van der Waals surface area contributed by atoms with Crippen molar-refractivity contribution < 1.29 is 9.32 Å². The van der Waals surface area contributed by atoms with E-state index in [2.05, 4.69) is 32.5 Å². The van der Waals surface area contributed by atoms with Crippen LogP contribution in [0.15, 0.2) is 83.4 Å². The van der Waals surface area contributed by atoms with Gasteiger partial charge in [-0.2, -0.15) is 4.98 Å². The maximum atomic E-state index is 13.2. The fourth-order valence-electron chi connectivity index (χ4n) is 4.37. The van der Waals surface area contributed by atoms with Crippen molar-refractivity contribution >= 4 is 23.2 Å². The van der Waals surface area contributed by atoms with Crippen LogP contribution in [-0.4, -0.2) is 34.0 Å². The van der Waals surface area contributed by atoms with Gasteiger partial charge in [-0.25, -0.2) is 0 Å². The molecule has 1 aliphatic heterocycles. The molecule has 34 heavy (non-hydrogen) atoms. The number of rotatable bonds is 6. The van der Waals surface area contributed by atoms with Gasteiger partial charge in [-0.3, -0.25) is 9.69 Å². The molecule has 1 amide bonds. The zero-order chi connectivity index (χ0) is 23.3. The van der Waals surface area contributed by atoms with Gasteiger partial charge in [0.25, 0.3) is 0 Å². The molecule has 0 radical (unpaired) electrons. The predicted octanol–water partition coefficient (Wildman–Crippen LogP) is 5.91. The standard InChI is InChI=1S/C27H25ClN4O2/c28-23-14-6-4-13-22(23)26-30-25(34-31-26)18-32-16-8-11-20(17-32)27(33)29-24-15-7-5-12-21(24)19-9-2-1-3-10-19/h1-7,9-10,12-15,20H,8,11,16-18H2,(H,29,33). The Hall–Kier alpha value is -3.48. The van der Waals surface area contributed by atoms with Gasteiger partial charge in [-0.15, -0.1) is 0 Å². The second-order valence-electron chi connectivity index (χ2n) is 8.47. The molecule has 0 saturated carbocycles. The number of hydrogen-bond donors (Lipinski definition) is 1. The van der Waals surface area contributed by atoms with Gasteiger partial charge in [-0.05, 0) is 43.1 Å². The molecule has 172 valence electrons. The van der Waals surface area contributed by atoms with Crippen LogP contribution in [0.5, 0.6) is 0 Å². The van der Waals surface area contributed by atoms with Crippen LogP contribution in [0.2, 0.25) is 5.02 Å². The normalized spacial score (nSPS) is 16.3. The third-order valence-electron chi connectivity index (χ3n) is 6.09. The van der Waals surface area contributed by atoms with Crippen LogP contribution in [-0.2, 0) is 11.3 Å². The van der Waals surface area contributed by atoms with Crippen LogP contribution in [0.25, 0.3) is 22.5 Å². The highest BCUT2D eigenvalue weighted by molar-refractivity contribution is 6.33. The molecule has 1 aromatic heterocycles.